The molecule has 0 saturated carbocycles. The van der Waals surface area contributed by atoms with Gasteiger partial charge in [0.2, 0.25) is 5.82 Å². The number of aryl methyl sites for hydroxylation is 2. The molecule has 0 saturated heterocycles. The van der Waals surface area contributed by atoms with Crippen LogP contribution in [0.25, 0.3) is 11.3 Å². The van der Waals surface area contributed by atoms with E-state index in [1.807, 2.05) is 12.1 Å². The van der Waals surface area contributed by atoms with Crippen molar-refractivity contribution in [2.45, 2.75) is 19.3 Å². The number of nitrogens with zero attached hydrogens (tertiary/aromatic N) is 3. The zero-order valence-corrected chi connectivity index (χ0v) is 9.35. The molecule has 2 aromatic rings. The average Bonchev–Trinajstić information content (AvgIpc) is 2.86. The average molecular weight is 221 g/mol. The first-order chi connectivity index (χ1) is 8.36. The molecule has 82 valence electrons. The monoisotopic (exact) mass is 221 g/mol. The maximum Gasteiger partial charge on any atom is 0.232 e. The molecule has 1 aliphatic rings. The Hall–Kier alpha value is -2.21. The van der Waals surface area contributed by atoms with Crippen molar-refractivity contribution >= 4 is 0 Å². The highest BCUT2D eigenvalue weighted by Crippen LogP contribution is 2.26. The Kier molecular flexibility index (Phi) is 2.34. The first-order valence-corrected chi connectivity index (χ1v) is 5.72. The summed E-state index contributed by atoms with van der Waals surface area (Å²) in [5.41, 5.74) is 4.76. The molecule has 3 nitrogen and oxygen atoms in total. The van der Waals surface area contributed by atoms with Crippen molar-refractivity contribution in [2.75, 3.05) is 0 Å². The summed E-state index contributed by atoms with van der Waals surface area (Å²) in [6, 6.07) is 10.2. The fourth-order valence-corrected chi connectivity index (χ4v) is 2.30. The van der Waals surface area contributed by atoms with E-state index in [9.17, 15) is 0 Å². The van der Waals surface area contributed by atoms with Crippen molar-refractivity contribution in [3.05, 3.63) is 47.4 Å². The molecule has 3 rings (SSSR count). The van der Waals surface area contributed by atoms with Gasteiger partial charge in [-0.1, -0.05) is 12.1 Å². The molecule has 0 unspecified atom stereocenters. The third-order valence-electron chi connectivity index (χ3n) is 3.15. The van der Waals surface area contributed by atoms with E-state index in [0.29, 0.717) is 0 Å². The van der Waals surface area contributed by atoms with E-state index in [0.717, 1.165) is 17.7 Å². The Bertz CT molecular complexity index is 611. The number of aromatic nitrogens is 2. The summed E-state index contributed by atoms with van der Waals surface area (Å²) >= 11 is 0. The van der Waals surface area contributed by atoms with Gasteiger partial charge in [-0.15, -0.1) is 0 Å². The smallest absolute Gasteiger partial charge is 0.227 e. The van der Waals surface area contributed by atoms with Crippen LogP contribution in [0.5, 0.6) is 0 Å². The molecule has 3 heteroatoms. The number of hydrogen-bond acceptors (Lipinski definition) is 3. The first-order valence-electron chi connectivity index (χ1n) is 5.72. The van der Waals surface area contributed by atoms with Crippen molar-refractivity contribution in [3.63, 3.8) is 0 Å². The van der Waals surface area contributed by atoms with Crippen molar-refractivity contribution in [1.82, 2.24) is 9.97 Å². The molecule has 17 heavy (non-hydrogen) atoms. The minimum absolute atomic E-state index is 0.225. The number of hydrogen-bond donors (Lipinski definition) is 0. The van der Waals surface area contributed by atoms with Crippen LogP contribution in [0.15, 0.2) is 30.5 Å². The molecule has 0 radical (unpaired) electrons. The zero-order chi connectivity index (χ0) is 11.7. The highest BCUT2D eigenvalue weighted by Gasteiger charge is 2.12. The molecule has 1 aliphatic carbocycles. The summed E-state index contributed by atoms with van der Waals surface area (Å²) in [5.74, 6) is 0.225. The van der Waals surface area contributed by atoms with E-state index >= 15 is 0 Å². The topological polar surface area (TPSA) is 49.6 Å². The number of nitriles is 1. The Morgan fingerprint density at radius 2 is 2.00 bits per heavy atom. The summed E-state index contributed by atoms with van der Waals surface area (Å²) < 4.78 is 0. The third kappa shape index (κ3) is 1.78. The maximum atomic E-state index is 8.79. The Morgan fingerprint density at radius 1 is 1.12 bits per heavy atom. The predicted octanol–water partition coefficient (Wildman–Crippen LogP) is 2.50. The fourth-order valence-electron chi connectivity index (χ4n) is 2.30. The van der Waals surface area contributed by atoms with E-state index in [4.69, 9.17) is 5.26 Å². The van der Waals surface area contributed by atoms with Crippen molar-refractivity contribution in [2.24, 2.45) is 0 Å². The first kappa shape index (κ1) is 9.98. The summed E-state index contributed by atoms with van der Waals surface area (Å²) in [4.78, 5) is 8.10. The second-order valence-electron chi connectivity index (χ2n) is 4.21. The Balaban J connectivity index is 2.07. The molecule has 0 amide bonds. The molecule has 0 aliphatic heterocycles. The van der Waals surface area contributed by atoms with Gasteiger partial charge in [-0.25, -0.2) is 9.97 Å². The van der Waals surface area contributed by atoms with Gasteiger partial charge >= 0.3 is 0 Å². The molecular weight excluding hydrogens is 210 g/mol. The van der Waals surface area contributed by atoms with E-state index in [-0.39, 0.29) is 5.82 Å². The van der Waals surface area contributed by atoms with Gasteiger partial charge in [0.05, 0.1) is 5.69 Å². The van der Waals surface area contributed by atoms with Gasteiger partial charge in [0.1, 0.15) is 6.07 Å². The van der Waals surface area contributed by atoms with Gasteiger partial charge in [-0.2, -0.15) is 5.26 Å². The van der Waals surface area contributed by atoms with Crippen molar-refractivity contribution in [3.8, 4) is 17.3 Å². The standard InChI is InChI=1S/C14H11N3/c15-9-14-16-7-6-13(17-14)12-5-4-10-2-1-3-11(10)8-12/h4-8H,1-3H2. The van der Waals surface area contributed by atoms with Gasteiger partial charge in [0.15, 0.2) is 0 Å². The molecule has 0 N–H and O–H groups in total. The number of fused-ring (bicyclic) bond motifs is 1. The minimum atomic E-state index is 0.225. The highest BCUT2D eigenvalue weighted by atomic mass is 14.9. The van der Waals surface area contributed by atoms with E-state index in [1.165, 1.54) is 24.0 Å². The van der Waals surface area contributed by atoms with Gasteiger partial charge < -0.3 is 0 Å². The van der Waals surface area contributed by atoms with Gasteiger partial charge in [0.25, 0.3) is 0 Å². The lowest BCUT2D eigenvalue weighted by Gasteiger charge is -2.04. The Morgan fingerprint density at radius 3 is 2.88 bits per heavy atom. The van der Waals surface area contributed by atoms with Crippen LogP contribution < -0.4 is 0 Å². The lowest BCUT2D eigenvalue weighted by Crippen LogP contribution is -1.92. The lowest BCUT2D eigenvalue weighted by atomic mass is 10.0. The SMILES string of the molecule is N#Cc1nccc(-c2ccc3c(c2)CCC3)n1. The second kappa shape index (κ2) is 3.99. The molecule has 1 aromatic carbocycles. The number of benzene rings is 1. The quantitative estimate of drug-likeness (QED) is 0.743. The summed E-state index contributed by atoms with van der Waals surface area (Å²) in [5, 5.41) is 8.79. The van der Waals surface area contributed by atoms with Crippen LogP contribution in [-0.4, -0.2) is 9.97 Å². The normalized spacial score (nSPS) is 13.1. The van der Waals surface area contributed by atoms with Crippen LogP contribution in [0, 0.1) is 11.3 Å². The molecule has 0 spiro atoms. The maximum absolute atomic E-state index is 8.79. The number of rotatable bonds is 1. The minimum Gasteiger partial charge on any atom is -0.227 e. The van der Waals surface area contributed by atoms with Crippen LogP contribution in [0.2, 0.25) is 0 Å². The van der Waals surface area contributed by atoms with E-state index in [2.05, 4.69) is 28.2 Å². The molecule has 1 heterocycles. The molecule has 0 fully saturated rings. The fraction of sp³-hybridized carbons (Fsp3) is 0.214. The largest absolute Gasteiger partial charge is 0.232 e. The zero-order valence-electron chi connectivity index (χ0n) is 9.35. The van der Waals surface area contributed by atoms with E-state index < -0.39 is 0 Å². The Labute approximate surface area is 99.8 Å². The molecular formula is C14H11N3. The van der Waals surface area contributed by atoms with Crippen molar-refractivity contribution in [1.29, 1.82) is 5.26 Å². The molecule has 1 aromatic heterocycles. The molecule has 0 atom stereocenters. The van der Waals surface area contributed by atoms with E-state index in [1.54, 1.807) is 6.20 Å². The van der Waals surface area contributed by atoms with Crippen LogP contribution in [0.1, 0.15) is 23.4 Å². The van der Waals surface area contributed by atoms with Crippen LogP contribution >= 0.6 is 0 Å². The van der Waals surface area contributed by atoms with Crippen LogP contribution in [0.3, 0.4) is 0 Å². The predicted molar refractivity (Wildman–Crippen MR) is 64.2 cm³/mol. The van der Waals surface area contributed by atoms with Crippen LogP contribution in [0.4, 0.5) is 0 Å². The molecule has 0 bridgehead atoms. The summed E-state index contributed by atoms with van der Waals surface area (Å²) in [6.07, 6.45) is 5.21. The second-order valence-corrected chi connectivity index (χ2v) is 4.21. The van der Waals surface area contributed by atoms with Gasteiger partial charge in [0, 0.05) is 11.8 Å². The van der Waals surface area contributed by atoms with Gasteiger partial charge in [-0.3, -0.25) is 0 Å². The summed E-state index contributed by atoms with van der Waals surface area (Å²) in [6.45, 7) is 0. The summed E-state index contributed by atoms with van der Waals surface area (Å²) in [7, 11) is 0. The highest BCUT2D eigenvalue weighted by molar-refractivity contribution is 5.61. The van der Waals surface area contributed by atoms with Crippen LogP contribution in [-0.2, 0) is 12.8 Å². The van der Waals surface area contributed by atoms with Gasteiger partial charge in [-0.05, 0) is 42.5 Å². The van der Waals surface area contributed by atoms with Crippen molar-refractivity contribution < 1.29 is 0 Å². The lowest BCUT2D eigenvalue weighted by molar-refractivity contribution is 0.912. The third-order valence-corrected chi connectivity index (χ3v) is 3.15.